The molecule has 1 saturated heterocycles. The maximum atomic E-state index is 13.3. The van der Waals surface area contributed by atoms with Crippen molar-refractivity contribution in [3.63, 3.8) is 0 Å². The molecule has 2 aliphatic heterocycles. The largest absolute Gasteiger partial charge is 0.497 e. The normalized spacial score (nSPS) is 22.1. The fourth-order valence-electron chi connectivity index (χ4n) is 4.14. The first-order valence-corrected chi connectivity index (χ1v) is 9.65. The third-order valence-electron chi connectivity index (χ3n) is 5.84. The van der Waals surface area contributed by atoms with Crippen molar-refractivity contribution >= 4 is 11.9 Å². The van der Waals surface area contributed by atoms with Crippen molar-refractivity contribution in [2.45, 2.75) is 31.8 Å². The number of amides is 3. The summed E-state index contributed by atoms with van der Waals surface area (Å²) < 4.78 is 5.21. The number of hydrogen-bond acceptors (Lipinski definition) is 4. The van der Waals surface area contributed by atoms with Gasteiger partial charge in [-0.1, -0.05) is 43.3 Å². The molecule has 0 aliphatic carbocycles. The first-order valence-electron chi connectivity index (χ1n) is 9.65. The van der Waals surface area contributed by atoms with E-state index in [1.165, 1.54) is 16.0 Å². The number of methoxy groups -OCH3 is 1. The summed E-state index contributed by atoms with van der Waals surface area (Å²) >= 11 is 0. The zero-order valence-electron chi connectivity index (χ0n) is 16.3. The zero-order chi connectivity index (χ0) is 19.7. The molecule has 0 saturated carbocycles. The molecule has 28 heavy (non-hydrogen) atoms. The summed E-state index contributed by atoms with van der Waals surface area (Å²) in [6.07, 6.45) is 1.42. The van der Waals surface area contributed by atoms with Crippen molar-refractivity contribution in [1.29, 1.82) is 0 Å². The highest BCUT2D eigenvalue weighted by molar-refractivity contribution is 6.07. The minimum absolute atomic E-state index is 0.191. The molecule has 6 heteroatoms. The van der Waals surface area contributed by atoms with E-state index < -0.39 is 5.54 Å². The van der Waals surface area contributed by atoms with Gasteiger partial charge in [0.2, 0.25) is 0 Å². The van der Waals surface area contributed by atoms with E-state index in [9.17, 15) is 9.59 Å². The summed E-state index contributed by atoms with van der Waals surface area (Å²) in [5.74, 6) is 0.527. The molecule has 3 amide bonds. The lowest BCUT2D eigenvalue weighted by Crippen LogP contribution is -2.46. The summed E-state index contributed by atoms with van der Waals surface area (Å²) in [6.45, 7) is 3.80. The van der Waals surface area contributed by atoms with Gasteiger partial charge in [0, 0.05) is 13.1 Å². The Morgan fingerprint density at radius 2 is 1.79 bits per heavy atom. The molecule has 4 rings (SSSR count). The van der Waals surface area contributed by atoms with Gasteiger partial charge in [-0.15, -0.1) is 0 Å². The second-order valence-electron chi connectivity index (χ2n) is 7.36. The first-order chi connectivity index (χ1) is 13.6. The van der Waals surface area contributed by atoms with Gasteiger partial charge in [-0.05, 0) is 41.7 Å². The number of fused-ring (bicyclic) bond motifs is 1. The minimum Gasteiger partial charge on any atom is -0.497 e. The SMILES string of the molecule is CC[C@@]1(c2ccc(OC)cc2)NC(=O)N(CN2CCc3ccccc3C2)C1=O. The van der Waals surface area contributed by atoms with Crippen LogP contribution in [0.25, 0.3) is 0 Å². The molecule has 6 nitrogen and oxygen atoms in total. The third-order valence-corrected chi connectivity index (χ3v) is 5.84. The van der Waals surface area contributed by atoms with Crippen LogP contribution in [0.2, 0.25) is 0 Å². The van der Waals surface area contributed by atoms with Gasteiger partial charge < -0.3 is 10.1 Å². The number of ether oxygens (including phenoxy) is 1. The van der Waals surface area contributed by atoms with E-state index in [2.05, 4.69) is 28.4 Å². The average Bonchev–Trinajstić information content (AvgIpc) is 2.99. The number of nitrogens with one attached hydrogen (secondary N) is 1. The van der Waals surface area contributed by atoms with Gasteiger partial charge in [0.1, 0.15) is 11.3 Å². The second kappa shape index (κ2) is 7.28. The molecule has 2 heterocycles. The number of rotatable bonds is 5. The van der Waals surface area contributed by atoms with E-state index in [4.69, 9.17) is 4.74 Å². The Kier molecular flexibility index (Phi) is 4.81. The number of hydrogen-bond donors (Lipinski definition) is 1. The van der Waals surface area contributed by atoms with Gasteiger partial charge in [0.05, 0.1) is 13.8 Å². The minimum atomic E-state index is -1.02. The van der Waals surface area contributed by atoms with E-state index in [1.54, 1.807) is 7.11 Å². The lowest BCUT2D eigenvalue weighted by molar-refractivity contribution is -0.133. The summed E-state index contributed by atoms with van der Waals surface area (Å²) in [6, 6.07) is 15.3. The highest BCUT2D eigenvalue weighted by atomic mass is 16.5. The molecule has 0 unspecified atom stereocenters. The molecule has 2 aliphatic rings. The standard InChI is InChI=1S/C22H25N3O3/c1-3-22(18-8-10-19(28-2)11-9-18)20(26)25(21(27)23-22)15-24-13-12-16-6-4-5-7-17(16)14-24/h4-11H,3,12-15H2,1-2H3,(H,23,27)/t22-/m0/s1. The Balaban J connectivity index is 1.54. The third kappa shape index (κ3) is 3.03. The molecule has 0 radical (unpaired) electrons. The highest BCUT2D eigenvalue weighted by Gasteiger charge is 2.51. The van der Waals surface area contributed by atoms with Gasteiger partial charge in [-0.3, -0.25) is 9.69 Å². The predicted molar refractivity (Wildman–Crippen MR) is 106 cm³/mol. The van der Waals surface area contributed by atoms with Crippen LogP contribution in [-0.4, -0.2) is 42.1 Å². The number of imide groups is 1. The van der Waals surface area contributed by atoms with E-state index >= 15 is 0 Å². The average molecular weight is 379 g/mol. The Labute approximate surface area is 165 Å². The van der Waals surface area contributed by atoms with Gasteiger partial charge in [-0.25, -0.2) is 9.69 Å². The summed E-state index contributed by atoms with van der Waals surface area (Å²) in [5.41, 5.74) is 2.37. The van der Waals surface area contributed by atoms with Crippen LogP contribution in [0.1, 0.15) is 30.0 Å². The van der Waals surface area contributed by atoms with Crippen molar-refractivity contribution in [3.05, 3.63) is 65.2 Å². The van der Waals surface area contributed by atoms with Crippen molar-refractivity contribution in [2.24, 2.45) is 0 Å². The van der Waals surface area contributed by atoms with Crippen molar-refractivity contribution in [2.75, 3.05) is 20.3 Å². The van der Waals surface area contributed by atoms with E-state index in [1.807, 2.05) is 37.3 Å². The van der Waals surface area contributed by atoms with Crippen molar-refractivity contribution in [3.8, 4) is 5.75 Å². The fraction of sp³-hybridized carbons (Fsp3) is 0.364. The van der Waals surface area contributed by atoms with E-state index in [0.29, 0.717) is 13.1 Å². The molecule has 0 bridgehead atoms. The number of carbonyl (C=O) groups excluding carboxylic acids is 2. The molecule has 0 aromatic heterocycles. The van der Waals surface area contributed by atoms with Crippen LogP contribution in [0.5, 0.6) is 5.75 Å². The lowest BCUT2D eigenvalue weighted by atomic mass is 9.87. The topological polar surface area (TPSA) is 61.9 Å². The van der Waals surface area contributed by atoms with E-state index in [-0.39, 0.29) is 11.9 Å². The molecular weight excluding hydrogens is 354 g/mol. The smallest absolute Gasteiger partial charge is 0.326 e. The van der Waals surface area contributed by atoms with Crippen LogP contribution in [0.4, 0.5) is 4.79 Å². The number of nitrogens with zero attached hydrogens (tertiary/aromatic N) is 2. The maximum absolute atomic E-state index is 13.3. The van der Waals surface area contributed by atoms with Crippen LogP contribution in [0, 0.1) is 0 Å². The Morgan fingerprint density at radius 3 is 2.46 bits per heavy atom. The fourth-order valence-corrected chi connectivity index (χ4v) is 4.14. The van der Waals surface area contributed by atoms with Crippen LogP contribution < -0.4 is 10.1 Å². The zero-order valence-corrected chi connectivity index (χ0v) is 16.3. The number of benzene rings is 2. The molecule has 1 N–H and O–H groups in total. The van der Waals surface area contributed by atoms with Crippen molar-refractivity contribution in [1.82, 2.24) is 15.1 Å². The molecule has 0 spiro atoms. The summed E-state index contributed by atoms with van der Waals surface area (Å²) in [7, 11) is 1.60. The second-order valence-corrected chi connectivity index (χ2v) is 7.36. The Morgan fingerprint density at radius 1 is 1.07 bits per heavy atom. The lowest BCUT2D eigenvalue weighted by Gasteiger charge is -2.31. The van der Waals surface area contributed by atoms with Gasteiger partial charge >= 0.3 is 6.03 Å². The molecule has 1 atom stereocenters. The Hall–Kier alpha value is -2.86. The van der Waals surface area contributed by atoms with Crippen LogP contribution in [-0.2, 0) is 23.3 Å². The monoisotopic (exact) mass is 379 g/mol. The molecule has 1 fully saturated rings. The summed E-state index contributed by atoms with van der Waals surface area (Å²) in [4.78, 5) is 29.5. The quantitative estimate of drug-likeness (QED) is 0.812. The van der Waals surface area contributed by atoms with Gasteiger partial charge in [-0.2, -0.15) is 0 Å². The Bertz CT molecular complexity index is 896. The van der Waals surface area contributed by atoms with E-state index in [0.717, 1.165) is 30.8 Å². The van der Waals surface area contributed by atoms with Crippen molar-refractivity contribution < 1.29 is 14.3 Å². The van der Waals surface area contributed by atoms with Crippen LogP contribution in [0.15, 0.2) is 48.5 Å². The first kappa shape index (κ1) is 18.5. The molecule has 2 aromatic rings. The number of carbonyl (C=O) groups is 2. The van der Waals surface area contributed by atoms with Gasteiger partial charge in [0.15, 0.2) is 0 Å². The summed E-state index contributed by atoms with van der Waals surface area (Å²) in [5, 5.41) is 2.95. The number of urea groups is 1. The molecular formula is C22H25N3O3. The predicted octanol–water partition coefficient (Wildman–Crippen LogP) is 2.87. The maximum Gasteiger partial charge on any atom is 0.326 e. The molecule has 2 aromatic carbocycles. The molecule has 146 valence electrons. The highest BCUT2D eigenvalue weighted by Crippen LogP contribution is 2.33. The van der Waals surface area contributed by atoms with Gasteiger partial charge in [0.25, 0.3) is 5.91 Å². The van der Waals surface area contributed by atoms with Crippen LogP contribution in [0.3, 0.4) is 0 Å². The van der Waals surface area contributed by atoms with Crippen LogP contribution >= 0.6 is 0 Å².